The summed E-state index contributed by atoms with van der Waals surface area (Å²) in [4.78, 5) is 31.0. The fourth-order valence-electron chi connectivity index (χ4n) is 4.97. The zero-order valence-corrected chi connectivity index (χ0v) is 20.3. The number of carbonyl (C=O) groups excluding carboxylic acids is 2. The van der Waals surface area contributed by atoms with Gasteiger partial charge >= 0.3 is 0 Å². The summed E-state index contributed by atoms with van der Waals surface area (Å²) in [5, 5.41) is 0.735. The van der Waals surface area contributed by atoms with Gasteiger partial charge in [0.25, 0.3) is 5.91 Å². The van der Waals surface area contributed by atoms with Crippen LogP contribution in [0.5, 0.6) is 0 Å². The quantitative estimate of drug-likeness (QED) is 0.526. The van der Waals surface area contributed by atoms with E-state index in [-0.39, 0.29) is 11.8 Å². The molecule has 0 spiro atoms. The van der Waals surface area contributed by atoms with Crippen molar-refractivity contribution < 1.29 is 9.59 Å². The minimum atomic E-state index is 0.0695. The van der Waals surface area contributed by atoms with E-state index in [0.717, 1.165) is 53.6 Å². The molecule has 0 aliphatic carbocycles. The number of hydrogen-bond acceptors (Lipinski definition) is 3. The lowest BCUT2D eigenvalue weighted by molar-refractivity contribution is -0.116. The van der Waals surface area contributed by atoms with Crippen LogP contribution in [0.2, 0.25) is 5.02 Å². The molecule has 0 N–H and O–H groups in total. The summed E-state index contributed by atoms with van der Waals surface area (Å²) in [7, 11) is 0. The first-order valence-corrected chi connectivity index (χ1v) is 12.1. The minimum Gasteiger partial charge on any atom is -0.368 e. The van der Waals surface area contributed by atoms with Crippen LogP contribution in [0.25, 0.3) is 11.1 Å². The van der Waals surface area contributed by atoms with Crippen LogP contribution in [0, 0.1) is 6.92 Å². The van der Waals surface area contributed by atoms with Crippen molar-refractivity contribution in [2.24, 2.45) is 0 Å². The normalized spacial score (nSPS) is 15.4. The molecule has 5 nitrogen and oxygen atoms in total. The molecule has 0 aromatic heterocycles. The number of piperazine rings is 1. The van der Waals surface area contributed by atoms with Gasteiger partial charge in [-0.15, -0.1) is 0 Å². The standard InChI is InChI=1S/C28H28ClN3O2/c1-19-3-9-25(29)18-27(19)30-13-15-31(16-14-30)28(34)22-6-4-21(5-7-22)23-8-10-26-24(17-23)11-12-32(26)20(2)33/h3-10,17-18H,11-16H2,1-2H3. The van der Waals surface area contributed by atoms with Gasteiger partial charge in [-0.1, -0.05) is 35.9 Å². The first-order valence-electron chi connectivity index (χ1n) is 11.7. The number of carbonyl (C=O) groups is 2. The largest absolute Gasteiger partial charge is 0.368 e. The van der Waals surface area contributed by atoms with E-state index in [2.05, 4.69) is 17.9 Å². The third kappa shape index (κ3) is 4.28. The van der Waals surface area contributed by atoms with Crippen molar-refractivity contribution >= 4 is 34.8 Å². The number of anilines is 2. The van der Waals surface area contributed by atoms with Crippen molar-refractivity contribution in [2.45, 2.75) is 20.3 Å². The van der Waals surface area contributed by atoms with Gasteiger partial charge in [-0.05, 0) is 72.0 Å². The van der Waals surface area contributed by atoms with Gasteiger partial charge < -0.3 is 14.7 Å². The van der Waals surface area contributed by atoms with Crippen molar-refractivity contribution in [3.8, 4) is 11.1 Å². The Kier molecular flexibility index (Phi) is 6.05. The van der Waals surface area contributed by atoms with E-state index in [1.807, 2.05) is 64.4 Å². The van der Waals surface area contributed by atoms with Crippen LogP contribution in [0.15, 0.2) is 60.7 Å². The van der Waals surface area contributed by atoms with E-state index >= 15 is 0 Å². The van der Waals surface area contributed by atoms with Crippen LogP contribution in [0.4, 0.5) is 11.4 Å². The van der Waals surface area contributed by atoms with Gasteiger partial charge in [0.2, 0.25) is 5.91 Å². The second-order valence-corrected chi connectivity index (χ2v) is 9.49. The molecule has 34 heavy (non-hydrogen) atoms. The van der Waals surface area contributed by atoms with Crippen molar-refractivity contribution in [3.05, 3.63) is 82.4 Å². The molecule has 5 rings (SSSR count). The van der Waals surface area contributed by atoms with Gasteiger partial charge in [-0.3, -0.25) is 9.59 Å². The van der Waals surface area contributed by atoms with Crippen LogP contribution >= 0.6 is 11.6 Å². The monoisotopic (exact) mass is 473 g/mol. The van der Waals surface area contributed by atoms with Crippen molar-refractivity contribution in [2.75, 3.05) is 42.5 Å². The molecule has 0 bridgehead atoms. The van der Waals surface area contributed by atoms with Gasteiger partial charge in [0, 0.05) is 61.6 Å². The molecule has 2 aliphatic rings. The number of rotatable bonds is 3. The number of nitrogens with zero attached hydrogens (tertiary/aromatic N) is 3. The molecule has 0 radical (unpaired) electrons. The zero-order valence-electron chi connectivity index (χ0n) is 19.6. The topological polar surface area (TPSA) is 43.9 Å². The predicted octanol–water partition coefficient (Wildman–Crippen LogP) is 5.19. The summed E-state index contributed by atoms with van der Waals surface area (Å²) < 4.78 is 0. The van der Waals surface area contributed by atoms with Crippen molar-refractivity contribution in [3.63, 3.8) is 0 Å². The Morgan fingerprint density at radius 2 is 1.50 bits per heavy atom. The lowest BCUT2D eigenvalue weighted by Gasteiger charge is -2.37. The number of fused-ring (bicyclic) bond motifs is 1. The molecule has 2 aliphatic heterocycles. The smallest absolute Gasteiger partial charge is 0.253 e. The van der Waals surface area contributed by atoms with Crippen LogP contribution in [0.3, 0.4) is 0 Å². The maximum atomic E-state index is 13.1. The van der Waals surface area contributed by atoms with E-state index in [0.29, 0.717) is 18.7 Å². The minimum absolute atomic E-state index is 0.0695. The molecule has 0 atom stereocenters. The summed E-state index contributed by atoms with van der Waals surface area (Å²) in [5.74, 6) is 0.151. The van der Waals surface area contributed by atoms with Crippen LogP contribution in [-0.4, -0.2) is 49.4 Å². The number of halogens is 1. The summed E-state index contributed by atoms with van der Waals surface area (Å²) >= 11 is 6.19. The van der Waals surface area contributed by atoms with Crippen LogP contribution in [-0.2, 0) is 11.2 Å². The summed E-state index contributed by atoms with van der Waals surface area (Å²) in [6.45, 7) is 7.39. The summed E-state index contributed by atoms with van der Waals surface area (Å²) in [5.41, 5.74) is 7.43. The van der Waals surface area contributed by atoms with E-state index < -0.39 is 0 Å². The number of benzene rings is 3. The average molecular weight is 474 g/mol. The maximum Gasteiger partial charge on any atom is 0.253 e. The highest BCUT2D eigenvalue weighted by Gasteiger charge is 2.24. The van der Waals surface area contributed by atoms with Gasteiger partial charge in [-0.25, -0.2) is 0 Å². The predicted molar refractivity (Wildman–Crippen MR) is 138 cm³/mol. The third-order valence-electron chi connectivity index (χ3n) is 6.90. The Morgan fingerprint density at radius 3 is 2.21 bits per heavy atom. The molecule has 1 fully saturated rings. The Bertz CT molecular complexity index is 1250. The Labute approximate surface area is 205 Å². The summed E-state index contributed by atoms with van der Waals surface area (Å²) in [6, 6.07) is 20.0. The van der Waals surface area contributed by atoms with Gasteiger partial charge in [0.05, 0.1) is 0 Å². The number of aryl methyl sites for hydroxylation is 1. The Balaban J connectivity index is 1.25. The molecule has 174 valence electrons. The third-order valence-corrected chi connectivity index (χ3v) is 7.13. The number of hydrogen-bond donors (Lipinski definition) is 0. The zero-order chi connectivity index (χ0) is 23.8. The van der Waals surface area contributed by atoms with Crippen molar-refractivity contribution in [1.82, 2.24) is 4.90 Å². The molecule has 0 unspecified atom stereocenters. The lowest BCUT2D eigenvalue weighted by Crippen LogP contribution is -2.49. The van der Waals surface area contributed by atoms with Crippen LogP contribution < -0.4 is 9.80 Å². The SMILES string of the molecule is CC(=O)N1CCc2cc(-c3ccc(C(=O)N4CCN(c5cc(Cl)ccc5C)CC4)cc3)ccc21. The highest BCUT2D eigenvalue weighted by Crippen LogP contribution is 2.32. The first kappa shape index (κ1) is 22.5. The van der Waals surface area contributed by atoms with E-state index in [4.69, 9.17) is 11.6 Å². The highest BCUT2D eigenvalue weighted by atomic mass is 35.5. The molecule has 0 saturated carbocycles. The second-order valence-electron chi connectivity index (χ2n) is 9.05. The van der Waals surface area contributed by atoms with Crippen LogP contribution in [0.1, 0.15) is 28.4 Å². The number of amides is 2. The molecule has 6 heteroatoms. The van der Waals surface area contributed by atoms with Gasteiger partial charge in [-0.2, -0.15) is 0 Å². The molecular weight excluding hydrogens is 446 g/mol. The molecule has 2 heterocycles. The first-order chi connectivity index (χ1) is 16.4. The van der Waals surface area contributed by atoms with E-state index in [1.54, 1.807) is 6.92 Å². The Morgan fingerprint density at radius 1 is 0.794 bits per heavy atom. The molecular formula is C28H28ClN3O2. The molecule has 3 aromatic rings. The fourth-order valence-corrected chi connectivity index (χ4v) is 5.14. The van der Waals surface area contributed by atoms with E-state index in [9.17, 15) is 9.59 Å². The fraction of sp³-hybridized carbons (Fsp3) is 0.286. The highest BCUT2D eigenvalue weighted by molar-refractivity contribution is 6.30. The maximum absolute atomic E-state index is 13.1. The molecule has 3 aromatic carbocycles. The average Bonchev–Trinajstić information content (AvgIpc) is 3.29. The molecule has 1 saturated heterocycles. The second kappa shape index (κ2) is 9.15. The summed E-state index contributed by atoms with van der Waals surface area (Å²) in [6.07, 6.45) is 0.875. The van der Waals surface area contributed by atoms with Gasteiger partial charge in [0.15, 0.2) is 0 Å². The Hall–Kier alpha value is -3.31. The molecule has 2 amide bonds. The van der Waals surface area contributed by atoms with E-state index in [1.165, 1.54) is 11.1 Å². The van der Waals surface area contributed by atoms with Gasteiger partial charge in [0.1, 0.15) is 0 Å². The van der Waals surface area contributed by atoms with Crippen molar-refractivity contribution in [1.29, 1.82) is 0 Å². The lowest BCUT2D eigenvalue weighted by atomic mass is 10.00.